The number of carbonyl (C=O) groups excluding carboxylic acids is 3. The minimum Gasteiger partial charge on any atom is -0.462 e. The molecular weight excluding hydrogens is 1020 g/mol. The van der Waals surface area contributed by atoms with Crippen molar-refractivity contribution in [1.82, 2.24) is 0 Å². The highest BCUT2D eigenvalue weighted by atomic mass is 16.6. The fourth-order valence-electron chi connectivity index (χ4n) is 9.71. The van der Waals surface area contributed by atoms with E-state index in [1.807, 2.05) is 6.08 Å². The molecule has 1 atom stereocenters. The molecule has 474 valence electrons. The molecule has 0 aromatic rings. The molecule has 6 nitrogen and oxygen atoms in total. The molecule has 0 fully saturated rings. The van der Waals surface area contributed by atoms with Gasteiger partial charge in [0.1, 0.15) is 13.2 Å². The maximum atomic E-state index is 13.0. The summed E-state index contributed by atoms with van der Waals surface area (Å²) in [5.74, 6) is -0.986. The van der Waals surface area contributed by atoms with E-state index in [9.17, 15) is 14.4 Å². The third kappa shape index (κ3) is 68.5. The molecule has 6 heteroatoms. The second-order valence-electron chi connectivity index (χ2n) is 23.1. The van der Waals surface area contributed by atoms with Crippen molar-refractivity contribution >= 4 is 17.9 Å². The lowest BCUT2D eigenvalue weighted by atomic mass is 10.0. The van der Waals surface area contributed by atoms with Crippen LogP contribution < -0.4 is 0 Å². The first-order valence-corrected chi connectivity index (χ1v) is 35.0. The Morgan fingerprint density at radius 3 is 0.807 bits per heavy atom. The van der Waals surface area contributed by atoms with Crippen molar-refractivity contribution in [2.45, 2.75) is 335 Å². The van der Waals surface area contributed by atoms with Gasteiger partial charge in [0.05, 0.1) is 0 Å². The molecule has 83 heavy (non-hydrogen) atoms. The molecule has 0 bridgehead atoms. The van der Waals surface area contributed by atoms with E-state index in [0.29, 0.717) is 19.3 Å². The van der Waals surface area contributed by atoms with Gasteiger partial charge in [-0.15, -0.1) is 0 Å². The molecule has 0 aliphatic heterocycles. The van der Waals surface area contributed by atoms with E-state index >= 15 is 0 Å². The predicted octanol–water partition coefficient (Wildman–Crippen LogP) is 24.3. The van der Waals surface area contributed by atoms with Gasteiger partial charge in [-0.2, -0.15) is 0 Å². The highest BCUT2D eigenvalue weighted by Crippen LogP contribution is 2.16. The maximum Gasteiger partial charge on any atom is 0.306 e. The summed E-state index contributed by atoms with van der Waals surface area (Å²) in [5.41, 5.74) is 0. The van der Waals surface area contributed by atoms with E-state index in [-0.39, 0.29) is 37.5 Å². The number of carbonyl (C=O) groups is 3. The van der Waals surface area contributed by atoms with Crippen molar-refractivity contribution in [2.24, 2.45) is 0 Å². The van der Waals surface area contributed by atoms with Gasteiger partial charge in [0.25, 0.3) is 0 Å². The van der Waals surface area contributed by atoms with Gasteiger partial charge in [-0.1, -0.05) is 309 Å². The quantitative estimate of drug-likeness (QED) is 0.0261. The second kappa shape index (κ2) is 70.3. The van der Waals surface area contributed by atoms with E-state index in [2.05, 4.69) is 136 Å². The van der Waals surface area contributed by atoms with Crippen molar-refractivity contribution in [2.75, 3.05) is 13.2 Å². The highest BCUT2D eigenvalue weighted by Gasteiger charge is 2.19. The molecule has 0 aliphatic rings. The van der Waals surface area contributed by atoms with Crippen LogP contribution in [0, 0.1) is 0 Å². The summed E-state index contributed by atoms with van der Waals surface area (Å²) in [7, 11) is 0. The molecule has 0 spiro atoms. The minimum atomic E-state index is -0.816. The molecule has 0 rings (SSSR count). The topological polar surface area (TPSA) is 78.9 Å². The zero-order chi connectivity index (χ0) is 59.9. The number of esters is 3. The van der Waals surface area contributed by atoms with Gasteiger partial charge in [-0.3, -0.25) is 14.4 Å². The molecule has 0 heterocycles. The van der Waals surface area contributed by atoms with Crippen LogP contribution in [0.2, 0.25) is 0 Å². The van der Waals surface area contributed by atoms with E-state index in [1.165, 1.54) is 193 Å². The Bertz CT molecular complexity index is 1700. The fourth-order valence-corrected chi connectivity index (χ4v) is 9.71. The summed E-state index contributed by atoms with van der Waals surface area (Å²) in [4.78, 5) is 38.4. The third-order valence-electron chi connectivity index (χ3n) is 14.9. The molecule has 0 N–H and O–H groups in total. The lowest BCUT2D eigenvalue weighted by Gasteiger charge is -2.18. The minimum absolute atomic E-state index is 0.104. The summed E-state index contributed by atoms with van der Waals surface area (Å²) in [5, 5.41) is 0. The van der Waals surface area contributed by atoms with Crippen LogP contribution in [0.1, 0.15) is 329 Å². The average Bonchev–Trinajstić information content (AvgIpc) is 3.49. The third-order valence-corrected chi connectivity index (χ3v) is 14.9. The van der Waals surface area contributed by atoms with Crippen LogP contribution in [-0.2, 0) is 28.6 Å². The van der Waals surface area contributed by atoms with Crippen LogP contribution in [0.4, 0.5) is 0 Å². The average molecular weight is 1150 g/mol. The molecule has 0 saturated heterocycles. The first kappa shape index (κ1) is 78.8. The van der Waals surface area contributed by atoms with Crippen molar-refractivity contribution in [1.29, 1.82) is 0 Å². The smallest absolute Gasteiger partial charge is 0.306 e. The molecular formula is C77H130O6. The van der Waals surface area contributed by atoms with Gasteiger partial charge < -0.3 is 14.2 Å². The summed E-state index contributed by atoms with van der Waals surface area (Å²) in [6, 6.07) is 0. The fraction of sp³-hybridized carbons (Fsp3) is 0.701. The Kier molecular flexibility index (Phi) is 66.7. The molecule has 0 aromatic heterocycles. The molecule has 0 radical (unpaired) electrons. The molecule has 0 saturated carbocycles. The number of unbranched alkanes of at least 4 members (excludes halogenated alkanes) is 32. The second-order valence-corrected chi connectivity index (χ2v) is 23.1. The molecule has 0 aromatic carbocycles. The van der Waals surface area contributed by atoms with Crippen LogP contribution >= 0.6 is 0 Å². The Labute approximate surface area is 513 Å². The molecule has 0 aliphatic carbocycles. The Morgan fingerprint density at radius 1 is 0.253 bits per heavy atom. The maximum absolute atomic E-state index is 13.0. The van der Waals surface area contributed by atoms with Gasteiger partial charge in [0.15, 0.2) is 6.10 Å². The first-order chi connectivity index (χ1) is 41.0. The summed E-state index contributed by atoms with van der Waals surface area (Å²) in [6.07, 6.45) is 98.0. The number of ether oxygens (including phenoxy) is 3. The van der Waals surface area contributed by atoms with E-state index in [0.717, 1.165) is 89.9 Å². The van der Waals surface area contributed by atoms with Gasteiger partial charge in [-0.05, 0) is 122 Å². The van der Waals surface area contributed by atoms with Crippen LogP contribution in [0.5, 0.6) is 0 Å². The van der Waals surface area contributed by atoms with Crippen LogP contribution in [0.15, 0.2) is 122 Å². The Balaban J connectivity index is 4.46. The van der Waals surface area contributed by atoms with E-state index in [1.54, 1.807) is 0 Å². The predicted molar refractivity (Wildman–Crippen MR) is 362 cm³/mol. The normalized spacial score (nSPS) is 12.9. The highest BCUT2D eigenvalue weighted by molar-refractivity contribution is 5.71. The van der Waals surface area contributed by atoms with Crippen molar-refractivity contribution < 1.29 is 28.6 Å². The first-order valence-electron chi connectivity index (χ1n) is 35.0. The zero-order valence-electron chi connectivity index (χ0n) is 54.4. The standard InChI is InChI=1S/C77H130O6/c1-4-7-10-13-16-19-22-25-28-31-34-36-38-40-43-46-49-52-55-58-61-64-67-70-76(79)82-73-74(72-81-75(78)69-66-63-60-57-54-51-48-45-42-33-30-27-24-21-18-15-12-9-6-3)83-77(80)71-68-65-62-59-56-53-50-47-44-41-39-37-35-32-29-26-23-20-17-14-11-8-5-2/h9,12,18,21-23,25-27,30-32,34-35,42,45,51,54,60,63,74H,4-8,10-11,13-17,19-20,24,28-29,33,36-41,43-44,46-50,52-53,55-59,61-62,64-73H2,1-3H3/b12-9-,21-18-,25-22-,26-23-,30-27-,34-31-,35-32-,45-42-,54-51-,63-60-. The van der Waals surface area contributed by atoms with Crippen LogP contribution in [0.3, 0.4) is 0 Å². The zero-order valence-corrected chi connectivity index (χ0v) is 54.4. The van der Waals surface area contributed by atoms with Gasteiger partial charge in [0.2, 0.25) is 0 Å². The molecule has 0 amide bonds. The summed E-state index contributed by atoms with van der Waals surface area (Å²) >= 11 is 0. The Hall–Kier alpha value is -4.19. The summed E-state index contributed by atoms with van der Waals surface area (Å²) in [6.45, 7) is 6.47. The lowest BCUT2D eigenvalue weighted by molar-refractivity contribution is -0.166. The number of hydrogen-bond acceptors (Lipinski definition) is 6. The van der Waals surface area contributed by atoms with Crippen molar-refractivity contribution in [3.63, 3.8) is 0 Å². The van der Waals surface area contributed by atoms with E-state index in [4.69, 9.17) is 14.2 Å². The summed E-state index contributed by atoms with van der Waals surface area (Å²) < 4.78 is 16.9. The lowest BCUT2D eigenvalue weighted by Crippen LogP contribution is -2.30. The van der Waals surface area contributed by atoms with Gasteiger partial charge >= 0.3 is 17.9 Å². The van der Waals surface area contributed by atoms with Gasteiger partial charge in [-0.25, -0.2) is 0 Å². The SMILES string of the molecule is CC/C=C\C/C=C\C/C=C\C/C=C\C/C=C\C/C=C\CCC(=O)OCC(COC(=O)CCCCCCCCCCCCC/C=C\C/C=C\CCCCCCC)OC(=O)CCCCCCCCCCCCC/C=C\C/C=C\CCCCCCC. The van der Waals surface area contributed by atoms with Crippen LogP contribution in [-0.4, -0.2) is 37.2 Å². The number of rotatable bonds is 63. The number of hydrogen-bond donors (Lipinski definition) is 0. The number of allylic oxidation sites excluding steroid dienone is 20. The van der Waals surface area contributed by atoms with E-state index < -0.39 is 6.10 Å². The largest absolute Gasteiger partial charge is 0.462 e. The molecule has 1 unspecified atom stereocenters. The van der Waals surface area contributed by atoms with Crippen molar-refractivity contribution in [3.8, 4) is 0 Å². The van der Waals surface area contributed by atoms with Crippen molar-refractivity contribution in [3.05, 3.63) is 122 Å². The van der Waals surface area contributed by atoms with Gasteiger partial charge in [0, 0.05) is 19.3 Å². The Morgan fingerprint density at radius 2 is 0.494 bits per heavy atom. The van der Waals surface area contributed by atoms with Crippen LogP contribution in [0.25, 0.3) is 0 Å². The monoisotopic (exact) mass is 1150 g/mol.